The van der Waals surface area contributed by atoms with E-state index in [2.05, 4.69) is 6.92 Å². The Labute approximate surface area is 305 Å². The van der Waals surface area contributed by atoms with Gasteiger partial charge in [-0.05, 0) is 61.7 Å². The number of nitrogens with zero attached hydrogens (tertiary/aromatic N) is 1. The van der Waals surface area contributed by atoms with Crippen molar-refractivity contribution < 1.29 is 24.5 Å². The first kappa shape index (κ1) is 40.7. The van der Waals surface area contributed by atoms with Crippen LogP contribution in [0.4, 0.5) is 0 Å². The Morgan fingerprint density at radius 2 is 1.41 bits per heavy atom. The van der Waals surface area contributed by atoms with Crippen LogP contribution < -0.4 is 0 Å². The molecule has 2 N–H and O–H groups in total. The lowest BCUT2D eigenvalue weighted by Gasteiger charge is -2.39. The van der Waals surface area contributed by atoms with Crippen LogP contribution in [0.1, 0.15) is 122 Å². The van der Waals surface area contributed by atoms with E-state index in [-0.39, 0.29) is 17.5 Å². The number of hydrogen-bond donors (Lipinski definition) is 2. The van der Waals surface area contributed by atoms with Crippen molar-refractivity contribution in [2.75, 3.05) is 11.5 Å². The minimum absolute atomic E-state index is 0.0168. The van der Waals surface area contributed by atoms with Crippen LogP contribution in [0.3, 0.4) is 0 Å². The molecule has 1 amide bonds. The maximum Gasteiger partial charge on any atom is 0.336 e. The van der Waals surface area contributed by atoms with Crippen molar-refractivity contribution in [2.24, 2.45) is 11.8 Å². The molecule has 49 heavy (non-hydrogen) atoms. The van der Waals surface area contributed by atoms with Crippen LogP contribution in [0.5, 0.6) is 0 Å². The molecule has 3 atom stereocenters. The van der Waals surface area contributed by atoms with Crippen LogP contribution in [0.15, 0.2) is 72.8 Å². The van der Waals surface area contributed by atoms with E-state index >= 15 is 0 Å². The fourth-order valence-corrected chi connectivity index (χ4v) is 8.29. The number of unbranched alkanes of at least 4 members (excludes halogenated alkanes) is 9. The molecule has 3 rings (SSSR count). The Hall–Kier alpha value is -2.68. The van der Waals surface area contributed by atoms with Gasteiger partial charge in [0.15, 0.2) is 11.2 Å². The highest BCUT2D eigenvalue weighted by atomic mass is 32.2. The number of hydrogen-bond acceptors (Lipinski definition) is 6. The predicted octanol–water partition coefficient (Wildman–Crippen LogP) is 9.93. The van der Waals surface area contributed by atoms with E-state index in [4.69, 9.17) is 17.0 Å². The summed E-state index contributed by atoms with van der Waals surface area (Å²) in [5.41, 5.74) is -1.72. The molecule has 6 nitrogen and oxygen atoms in total. The standard InChI is InChI=1S/C41H59NO5S2/c1-5-7-9-13-22-30-49-31-23-14-11-10-12-21-28-35(40(46,38(44)45)29-8-6-2)37(43)42-36(32(3)4)41(47-39(42)48,33-24-17-15-18-25-33)34-26-19-16-20-27-34/h15-21,24-28,32,35-36,46H,5-14,22-23,29-31H2,1-4H3,(H,44,45)/b28-21+/t35-,36+,40+/m1/s1. The number of carboxylic acids is 1. The summed E-state index contributed by atoms with van der Waals surface area (Å²) in [6.07, 6.45) is 16.2. The fraction of sp³-hybridized carbons (Fsp3) is 0.585. The molecule has 2 aromatic rings. The molecule has 1 saturated heterocycles. The minimum atomic E-state index is -2.29. The highest BCUT2D eigenvalue weighted by Crippen LogP contribution is 2.48. The van der Waals surface area contributed by atoms with Crippen molar-refractivity contribution in [3.63, 3.8) is 0 Å². The molecule has 0 bridgehead atoms. The Balaban J connectivity index is 1.82. The van der Waals surface area contributed by atoms with Gasteiger partial charge in [-0.15, -0.1) is 0 Å². The van der Waals surface area contributed by atoms with Crippen molar-refractivity contribution >= 4 is 41.0 Å². The zero-order valence-electron chi connectivity index (χ0n) is 30.1. The summed E-state index contributed by atoms with van der Waals surface area (Å²) in [6, 6.07) is 18.9. The van der Waals surface area contributed by atoms with E-state index in [1.165, 1.54) is 54.9 Å². The molecule has 2 aromatic carbocycles. The lowest BCUT2D eigenvalue weighted by Crippen LogP contribution is -2.56. The number of allylic oxidation sites excluding steroid dienone is 1. The van der Waals surface area contributed by atoms with Crippen LogP contribution in [0, 0.1) is 11.8 Å². The molecule has 1 aliphatic rings. The molecule has 0 unspecified atom stereocenters. The van der Waals surface area contributed by atoms with Gasteiger partial charge >= 0.3 is 5.97 Å². The van der Waals surface area contributed by atoms with Gasteiger partial charge in [-0.3, -0.25) is 9.69 Å². The topological polar surface area (TPSA) is 87.1 Å². The number of thioether (sulfide) groups is 1. The number of rotatable bonds is 23. The number of carboxylic acid groups (broad SMARTS) is 1. The smallest absolute Gasteiger partial charge is 0.336 e. The molecule has 0 aliphatic carbocycles. The first-order valence-electron chi connectivity index (χ1n) is 18.5. The molecule has 270 valence electrons. The second-order valence-electron chi connectivity index (χ2n) is 13.7. The third-order valence-electron chi connectivity index (χ3n) is 9.61. The zero-order chi connectivity index (χ0) is 35.7. The second-order valence-corrected chi connectivity index (χ2v) is 15.3. The quantitative estimate of drug-likeness (QED) is 0.0675. The largest absolute Gasteiger partial charge is 0.479 e. The molecule has 1 aliphatic heterocycles. The normalized spacial score (nSPS) is 17.7. The molecular weight excluding hydrogens is 651 g/mol. The average Bonchev–Trinajstić information content (AvgIpc) is 3.43. The summed E-state index contributed by atoms with van der Waals surface area (Å²) >= 11 is 7.88. The fourth-order valence-electron chi connectivity index (χ4n) is 6.93. The van der Waals surface area contributed by atoms with Gasteiger partial charge in [-0.2, -0.15) is 11.8 Å². The molecule has 0 radical (unpaired) electrons. The maximum atomic E-state index is 14.8. The summed E-state index contributed by atoms with van der Waals surface area (Å²) in [5, 5.41) is 22.2. The summed E-state index contributed by atoms with van der Waals surface area (Å²) in [7, 11) is 0. The van der Waals surface area contributed by atoms with Crippen LogP contribution in [-0.2, 0) is 19.9 Å². The Kier molecular flexibility index (Phi) is 17.3. The predicted molar refractivity (Wildman–Crippen MR) is 207 cm³/mol. The lowest BCUT2D eigenvalue weighted by molar-refractivity contribution is -0.169. The van der Waals surface area contributed by atoms with E-state index in [1.807, 2.05) is 99.3 Å². The van der Waals surface area contributed by atoms with E-state index in [0.717, 1.165) is 30.4 Å². The second kappa shape index (κ2) is 20.9. The van der Waals surface area contributed by atoms with Gasteiger partial charge in [0.25, 0.3) is 5.17 Å². The van der Waals surface area contributed by atoms with E-state index in [0.29, 0.717) is 19.3 Å². The summed E-state index contributed by atoms with van der Waals surface area (Å²) in [6.45, 7) is 8.21. The van der Waals surface area contributed by atoms with Crippen molar-refractivity contribution in [3.8, 4) is 0 Å². The van der Waals surface area contributed by atoms with Gasteiger partial charge in [0.05, 0.1) is 12.0 Å². The number of benzene rings is 2. The van der Waals surface area contributed by atoms with Gasteiger partial charge in [0.2, 0.25) is 5.91 Å². The number of amides is 1. The molecular formula is C41H59NO5S2. The van der Waals surface area contributed by atoms with E-state index in [1.54, 1.807) is 6.08 Å². The third-order valence-corrected chi connectivity index (χ3v) is 11.0. The summed E-state index contributed by atoms with van der Waals surface area (Å²) in [4.78, 5) is 29.0. The first-order chi connectivity index (χ1) is 23.6. The molecule has 0 aromatic heterocycles. The van der Waals surface area contributed by atoms with Gasteiger partial charge in [0, 0.05) is 11.1 Å². The van der Waals surface area contributed by atoms with Crippen LogP contribution in [-0.4, -0.2) is 55.3 Å². The van der Waals surface area contributed by atoms with Crippen LogP contribution >= 0.6 is 24.0 Å². The monoisotopic (exact) mass is 709 g/mol. The van der Waals surface area contributed by atoms with Gasteiger partial charge in [0.1, 0.15) is 0 Å². The maximum absolute atomic E-state index is 14.8. The highest BCUT2D eigenvalue weighted by Gasteiger charge is 2.60. The SMILES string of the molecule is CCCCCCCSCCCCCC/C=C/[C@H](C(=O)N1C(=S)OC(c2ccccc2)(c2ccccc2)[C@@H]1C(C)C)[C@@](O)(CCCC)C(=O)O. The highest BCUT2D eigenvalue weighted by molar-refractivity contribution is 7.99. The van der Waals surface area contributed by atoms with E-state index < -0.39 is 35.0 Å². The summed E-state index contributed by atoms with van der Waals surface area (Å²) in [5.74, 6) is -1.01. The number of aliphatic carboxylic acids is 1. The first-order valence-corrected chi connectivity index (χ1v) is 20.1. The van der Waals surface area contributed by atoms with Gasteiger partial charge < -0.3 is 14.9 Å². The molecule has 1 fully saturated rings. The molecule has 8 heteroatoms. The summed E-state index contributed by atoms with van der Waals surface area (Å²) < 4.78 is 6.64. The zero-order valence-corrected chi connectivity index (χ0v) is 31.8. The van der Waals surface area contributed by atoms with E-state index in [9.17, 15) is 19.8 Å². The number of carbonyl (C=O) groups excluding carboxylic acids is 1. The Bertz CT molecular complexity index is 1280. The van der Waals surface area contributed by atoms with Crippen molar-refractivity contribution in [3.05, 3.63) is 83.9 Å². The average molecular weight is 710 g/mol. The molecule has 1 heterocycles. The van der Waals surface area contributed by atoms with Crippen molar-refractivity contribution in [1.29, 1.82) is 0 Å². The van der Waals surface area contributed by atoms with Gasteiger partial charge in [-0.25, -0.2) is 4.79 Å². The lowest BCUT2D eigenvalue weighted by atomic mass is 9.75. The number of aliphatic hydroxyl groups is 1. The van der Waals surface area contributed by atoms with Crippen LogP contribution in [0.25, 0.3) is 0 Å². The van der Waals surface area contributed by atoms with Crippen molar-refractivity contribution in [1.82, 2.24) is 4.90 Å². The molecule has 0 saturated carbocycles. The van der Waals surface area contributed by atoms with Gasteiger partial charge in [-0.1, -0.05) is 152 Å². The van der Waals surface area contributed by atoms with Crippen molar-refractivity contribution in [2.45, 2.75) is 128 Å². The molecule has 0 spiro atoms. The number of thiocarbonyl (C=S) groups is 1. The Morgan fingerprint density at radius 1 is 0.878 bits per heavy atom. The third kappa shape index (κ3) is 10.7. The van der Waals surface area contributed by atoms with Crippen LogP contribution in [0.2, 0.25) is 0 Å². The minimum Gasteiger partial charge on any atom is -0.479 e. The number of ether oxygens (including phenoxy) is 1. The number of carbonyl (C=O) groups is 2. The Morgan fingerprint density at radius 3 is 1.92 bits per heavy atom.